The predicted octanol–water partition coefficient (Wildman–Crippen LogP) is 1.68. The van der Waals surface area contributed by atoms with Crippen molar-refractivity contribution in [2.45, 2.75) is 53.1 Å². The Balaban J connectivity index is 2.19. The van der Waals surface area contributed by atoms with Crippen LogP contribution in [-0.4, -0.2) is 30.8 Å². The number of rotatable bonds is 6. The summed E-state index contributed by atoms with van der Waals surface area (Å²) in [6, 6.07) is 0.436. The van der Waals surface area contributed by atoms with Crippen LogP contribution < -0.4 is 5.32 Å². The van der Waals surface area contributed by atoms with Crippen molar-refractivity contribution in [2.75, 3.05) is 0 Å². The normalized spacial score (nSPS) is 11.2. The quantitative estimate of drug-likeness (QED) is 0.868. The lowest BCUT2D eigenvalue weighted by atomic mass is 10.3. The summed E-state index contributed by atoms with van der Waals surface area (Å²) in [5.41, 5.74) is 0.927. The molecule has 0 saturated carbocycles. The minimum atomic E-state index is 0.436. The van der Waals surface area contributed by atoms with Gasteiger partial charge in [-0.05, 0) is 0 Å². The van der Waals surface area contributed by atoms with Crippen molar-refractivity contribution in [1.29, 1.82) is 0 Å². The van der Waals surface area contributed by atoms with Crippen LogP contribution in [0, 0.1) is 0 Å². The molecule has 20 heavy (non-hydrogen) atoms. The third kappa shape index (κ3) is 3.39. The van der Waals surface area contributed by atoms with Crippen LogP contribution in [0.25, 0.3) is 5.82 Å². The maximum Gasteiger partial charge on any atom is 0.174 e. The maximum absolute atomic E-state index is 4.48. The van der Waals surface area contributed by atoms with Crippen LogP contribution in [-0.2, 0) is 19.4 Å². The van der Waals surface area contributed by atoms with E-state index in [0.717, 1.165) is 42.5 Å². The Morgan fingerprint density at radius 3 is 2.50 bits per heavy atom. The molecule has 2 rings (SSSR count). The van der Waals surface area contributed by atoms with Crippen molar-refractivity contribution in [3.63, 3.8) is 0 Å². The van der Waals surface area contributed by atoms with Gasteiger partial charge in [-0.2, -0.15) is 4.68 Å². The summed E-state index contributed by atoms with van der Waals surface area (Å²) in [6.45, 7) is 9.05. The van der Waals surface area contributed by atoms with E-state index in [1.54, 1.807) is 17.1 Å². The first kappa shape index (κ1) is 14.6. The van der Waals surface area contributed by atoms with Crippen LogP contribution in [0.4, 0.5) is 0 Å². The van der Waals surface area contributed by atoms with E-state index in [9.17, 15) is 0 Å². The minimum Gasteiger partial charge on any atom is -0.309 e. The van der Waals surface area contributed by atoms with E-state index in [1.165, 1.54) is 0 Å². The van der Waals surface area contributed by atoms with Crippen LogP contribution in [0.2, 0.25) is 0 Å². The summed E-state index contributed by atoms with van der Waals surface area (Å²) in [7, 11) is 0. The van der Waals surface area contributed by atoms with Gasteiger partial charge in [-0.1, -0.05) is 27.7 Å². The van der Waals surface area contributed by atoms with E-state index in [-0.39, 0.29) is 0 Å². The second kappa shape index (κ2) is 6.56. The average molecular weight is 274 g/mol. The van der Waals surface area contributed by atoms with Gasteiger partial charge in [0.1, 0.15) is 5.82 Å². The molecule has 1 N–H and O–H groups in total. The Bertz CT molecular complexity index is 543. The number of aryl methyl sites for hydroxylation is 2. The monoisotopic (exact) mass is 274 g/mol. The molecule has 6 nitrogen and oxygen atoms in total. The maximum atomic E-state index is 4.48. The molecule has 0 amide bonds. The predicted molar refractivity (Wildman–Crippen MR) is 77.7 cm³/mol. The lowest BCUT2D eigenvalue weighted by Crippen LogP contribution is -2.22. The van der Waals surface area contributed by atoms with Gasteiger partial charge in [0.25, 0.3) is 0 Å². The summed E-state index contributed by atoms with van der Waals surface area (Å²) in [5, 5.41) is 7.78. The third-order valence-electron chi connectivity index (χ3n) is 2.95. The van der Waals surface area contributed by atoms with E-state index in [2.05, 4.69) is 46.1 Å². The zero-order chi connectivity index (χ0) is 14.5. The lowest BCUT2D eigenvalue weighted by Gasteiger charge is -2.08. The summed E-state index contributed by atoms with van der Waals surface area (Å²) in [6.07, 6.45) is 5.19. The highest BCUT2D eigenvalue weighted by Crippen LogP contribution is 2.08. The number of hydrogen-bond acceptors (Lipinski definition) is 5. The highest BCUT2D eigenvalue weighted by molar-refractivity contribution is 5.20. The first-order valence-corrected chi connectivity index (χ1v) is 7.13. The smallest absolute Gasteiger partial charge is 0.174 e. The molecule has 0 aliphatic rings. The first-order valence-electron chi connectivity index (χ1n) is 7.13. The SMILES string of the molecule is CCc1nc(CC)n(-c2cnc(CNC(C)C)cn2)n1. The lowest BCUT2D eigenvalue weighted by molar-refractivity contribution is 0.579. The Hall–Kier alpha value is -1.82. The van der Waals surface area contributed by atoms with Crippen molar-refractivity contribution in [3.8, 4) is 5.82 Å². The summed E-state index contributed by atoms with van der Waals surface area (Å²) in [4.78, 5) is 13.3. The summed E-state index contributed by atoms with van der Waals surface area (Å²) >= 11 is 0. The molecule has 0 aromatic carbocycles. The van der Waals surface area contributed by atoms with E-state index >= 15 is 0 Å². The zero-order valence-electron chi connectivity index (χ0n) is 12.6. The third-order valence-corrected chi connectivity index (χ3v) is 2.95. The minimum absolute atomic E-state index is 0.436. The van der Waals surface area contributed by atoms with Gasteiger partial charge in [0.2, 0.25) is 0 Å². The van der Waals surface area contributed by atoms with Crippen molar-refractivity contribution in [1.82, 2.24) is 30.0 Å². The molecule has 0 fully saturated rings. The van der Waals surface area contributed by atoms with E-state index < -0.39 is 0 Å². The number of nitrogens with zero attached hydrogens (tertiary/aromatic N) is 5. The van der Waals surface area contributed by atoms with E-state index in [0.29, 0.717) is 6.04 Å². The van der Waals surface area contributed by atoms with Gasteiger partial charge >= 0.3 is 0 Å². The molecular weight excluding hydrogens is 252 g/mol. The largest absolute Gasteiger partial charge is 0.309 e. The molecule has 2 aromatic heterocycles. The second-order valence-corrected chi connectivity index (χ2v) is 4.96. The Labute approximate surface area is 119 Å². The number of aromatic nitrogens is 5. The van der Waals surface area contributed by atoms with Gasteiger partial charge in [0.05, 0.1) is 18.1 Å². The van der Waals surface area contributed by atoms with Gasteiger partial charge in [0.15, 0.2) is 11.6 Å². The molecule has 6 heteroatoms. The van der Waals surface area contributed by atoms with Crippen LogP contribution in [0.3, 0.4) is 0 Å². The van der Waals surface area contributed by atoms with Crippen molar-refractivity contribution >= 4 is 0 Å². The van der Waals surface area contributed by atoms with Crippen LogP contribution in [0.1, 0.15) is 45.0 Å². The second-order valence-electron chi connectivity index (χ2n) is 4.96. The van der Waals surface area contributed by atoms with Crippen molar-refractivity contribution in [3.05, 3.63) is 29.7 Å². The van der Waals surface area contributed by atoms with Gasteiger partial charge in [-0.3, -0.25) is 4.98 Å². The average Bonchev–Trinajstić information content (AvgIpc) is 2.89. The molecular formula is C14H22N6. The Morgan fingerprint density at radius 2 is 1.95 bits per heavy atom. The van der Waals surface area contributed by atoms with Crippen molar-refractivity contribution < 1.29 is 0 Å². The van der Waals surface area contributed by atoms with Gasteiger partial charge < -0.3 is 5.32 Å². The van der Waals surface area contributed by atoms with Gasteiger partial charge in [-0.25, -0.2) is 9.97 Å². The zero-order valence-corrected chi connectivity index (χ0v) is 12.6. The highest BCUT2D eigenvalue weighted by Gasteiger charge is 2.10. The fourth-order valence-corrected chi connectivity index (χ4v) is 1.81. The fourth-order valence-electron chi connectivity index (χ4n) is 1.81. The molecule has 0 aliphatic heterocycles. The fraction of sp³-hybridized carbons (Fsp3) is 0.571. The Kier molecular flexibility index (Phi) is 4.79. The molecule has 0 atom stereocenters. The standard InChI is InChI=1S/C14H22N6/c1-5-12-18-13(6-2)20(19-12)14-9-16-11(8-17-14)7-15-10(3)4/h8-10,15H,5-7H2,1-4H3. The van der Waals surface area contributed by atoms with E-state index in [4.69, 9.17) is 0 Å². The number of hydrogen-bond donors (Lipinski definition) is 1. The molecule has 0 unspecified atom stereocenters. The molecule has 2 heterocycles. The van der Waals surface area contributed by atoms with Crippen LogP contribution >= 0.6 is 0 Å². The van der Waals surface area contributed by atoms with E-state index in [1.807, 2.05) is 6.92 Å². The number of nitrogens with one attached hydrogen (secondary N) is 1. The molecule has 108 valence electrons. The highest BCUT2D eigenvalue weighted by atomic mass is 15.4. The first-order chi connectivity index (χ1) is 9.63. The van der Waals surface area contributed by atoms with Crippen LogP contribution in [0.5, 0.6) is 0 Å². The van der Waals surface area contributed by atoms with Gasteiger partial charge in [-0.15, -0.1) is 5.10 Å². The molecule has 0 radical (unpaired) electrons. The van der Waals surface area contributed by atoms with Gasteiger partial charge in [0, 0.05) is 25.4 Å². The molecule has 2 aromatic rings. The molecule has 0 bridgehead atoms. The van der Waals surface area contributed by atoms with Crippen LogP contribution in [0.15, 0.2) is 12.4 Å². The molecule has 0 saturated heterocycles. The summed E-state index contributed by atoms with van der Waals surface area (Å²) < 4.78 is 1.78. The molecule has 0 spiro atoms. The topological polar surface area (TPSA) is 68.5 Å². The Morgan fingerprint density at radius 1 is 1.15 bits per heavy atom. The van der Waals surface area contributed by atoms with Crippen molar-refractivity contribution in [2.24, 2.45) is 0 Å². The molecule has 0 aliphatic carbocycles. The summed E-state index contributed by atoms with van der Waals surface area (Å²) in [5.74, 6) is 2.49.